The average Bonchev–Trinajstić information content (AvgIpc) is 2.49. The maximum atomic E-state index is 11.7. The summed E-state index contributed by atoms with van der Waals surface area (Å²) >= 11 is 0. The standard InChI is InChI=1S/C14H19N3O4/c18-14(9-12-10-21-8-7-15-12)16-6-5-11-1-3-13(4-2-11)17(19)20/h1-4,12,15H,5-10H2,(H,16,18). The summed E-state index contributed by atoms with van der Waals surface area (Å²) in [6, 6.07) is 6.45. The Bertz CT molecular complexity index is 483. The first-order valence-electron chi connectivity index (χ1n) is 6.96. The van der Waals surface area contributed by atoms with E-state index < -0.39 is 4.92 Å². The van der Waals surface area contributed by atoms with Crippen molar-refractivity contribution in [2.45, 2.75) is 18.9 Å². The zero-order chi connectivity index (χ0) is 15.1. The fourth-order valence-electron chi connectivity index (χ4n) is 2.18. The number of carbonyl (C=O) groups excluding carboxylic acids is 1. The normalized spacial score (nSPS) is 18.2. The molecule has 1 aliphatic heterocycles. The summed E-state index contributed by atoms with van der Waals surface area (Å²) in [6.07, 6.45) is 1.05. The third kappa shape index (κ3) is 5.13. The molecule has 0 aromatic heterocycles. The number of amides is 1. The fourth-order valence-corrected chi connectivity index (χ4v) is 2.18. The topological polar surface area (TPSA) is 93.5 Å². The Hall–Kier alpha value is -1.99. The van der Waals surface area contributed by atoms with Gasteiger partial charge in [-0.2, -0.15) is 0 Å². The summed E-state index contributed by atoms with van der Waals surface area (Å²) in [4.78, 5) is 21.9. The molecule has 1 unspecified atom stereocenters. The van der Waals surface area contributed by atoms with Crippen LogP contribution in [-0.4, -0.2) is 43.2 Å². The average molecular weight is 293 g/mol. The monoisotopic (exact) mass is 293 g/mol. The van der Waals surface area contributed by atoms with Crippen LogP contribution in [0.5, 0.6) is 0 Å². The van der Waals surface area contributed by atoms with Crippen LogP contribution in [-0.2, 0) is 16.0 Å². The molecule has 7 nitrogen and oxygen atoms in total. The summed E-state index contributed by atoms with van der Waals surface area (Å²) in [5.74, 6) is -0.0140. The van der Waals surface area contributed by atoms with E-state index in [0.29, 0.717) is 32.6 Å². The minimum Gasteiger partial charge on any atom is -0.378 e. The molecule has 0 spiro atoms. The quantitative estimate of drug-likeness (QED) is 0.593. The van der Waals surface area contributed by atoms with Gasteiger partial charge in [0, 0.05) is 37.7 Å². The van der Waals surface area contributed by atoms with Gasteiger partial charge in [0.05, 0.1) is 18.1 Å². The highest BCUT2D eigenvalue weighted by Gasteiger charge is 2.16. The van der Waals surface area contributed by atoms with Crippen LogP contribution in [0.25, 0.3) is 0 Å². The molecule has 1 aromatic carbocycles. The van der Waals surface area contributed by atoms with Crippen LogP contribution in [0.4, 0.5) is 5.69 Å². The van der Waals surface area contributed by atoms with Crippen LogP contribution in [0.3, 0.4) is 0 Å². The number of morpholine rings is 1. The van der Waals surface area contributed by atoms with Crippen molar-refractivity contribution >= 4 is 11.6 Å². The molecule has 0 radical (unpaired) electrons. The molecule has 1 heterocycles. The Morgan fingerprint density at radius 3 is 2.81 bits per heavy atom. The number of benzene rings is 1. The van der Waals surface area contributed by atoms with Crippen molar-refractivity contribution in [2.75, 3.05) is 26.3 Å². The second-order valence-electron chi connectivity index (χ2n) is 4.95. The van der Waals surface area contributed by atoms with Gasteiger partial charge in [-0.1, -0.05) is 12.1 Å². The highest BCUT2D eigenvalue weighted by Crippen LogP contribution is 2.11. The predicted octanol–water partition coefficient (Wildman–Crippen LogP) is 0.632. The van der Waals surface area contributed by atoms with Gasteiger partial charge < -0.3 is 15.4 Å². The van der Waals surface area contributed by atoms with Crippen LogP contribution >= 0.6 is 0 Å². The number of carbonyl (C=O) groups is 1. The van der Waals surface area contributed by atoms with Gasteiger partial charge >= 0.3 is 0 Å². The van der Waals surface area contributed by atoms with Crippen molar-refractivity contribution in [3.63, 3.8) is 0 Å². The Morgan fingerprint density at radius 2 is 2.19 bits per heavy atom. The SMILES string of the molecule is O=C(CC1COCCN1)NCCc1ccc([N+](=O)[O-])cc1. The summed E-state index contributed by atoms with van der Waals surface area (Å²) in [5.41, 5.74) is 1.03. The van der Waals surface area contributed by atoms with E-state index in [1.54, 1.807) is 12.1 Å². The Kier molecular flexibility index (Phi) is 5.65. The van der Waals surface area contributed by atoms with Crippen LogP contribution in [0, 0.1) is 10.1 Å². The lowest BCUT2D eigenvalue weighted by Crippen LogP contribution is -2.44. The van der Waals surface area contributed by atoms with Gasteiger partial charge in [0.1, 0.15) is 0 Å². The molecule has 2 N–H and O–H groups in total. The van der Waals surface area contributed by atoms with Gasteiger partial charge in [-0.15, -0.1) is 0 Å². The molecule has 1 amide bonds. The van der Waals surface area contributed by atoms with E-state index in [2.05, 4.69) is 10.6 Å². The van der Waals surface area contributed by atoms with Gasteiger partial charge in [0.25, 0.3) is 5.69 Å². The summed E-state index contributed by atoms with van der Waals surface area (Å²) in [7, 11) is 0. The first kappa shape index (κ1) is 15.4. The number of hydrogen-bond donors (Lipinski definition) is 2. The fraction of sp³-hybridized carbons (Fsp3) is 0.500. The minimum atomic E-state index is -0.426. The van der Waals surface area contributed by atoms with E-state index in [-0.39, 0.29) is 17.6 Å². The van der Waals surface area contributed by atoms with E-state index in [1.165, 1.54) is 12.1 Å². The lowest BCUT2D eigenvalue weighted by Gasteiger charge is -2.23. The molecule has 0 aliphatic carbocycles. The molecule has 21 heavy (non-hydrogen) atoms. The van der Waals surface area contributed by atoms with Crippen molar-refractivity contribution < 1.29 is 14.5 Å². The van der Waals surface area contributed by atoms with Crippen molar-refractivity contribution in [2.24, 2.45) is 0 Å². The molecule has 0 saturated carbocycles. The molecule has 0 bridgehead atoms. The van der Waals surface area contributed by atoms with Crippen molar-refractivity contribution in [3.8, 4) is 0 Å². The van der Waals surface area contributed by atoms with E-state index in [1.807, 2.05) is 0 Å². The van der Waals surface area contributed by atoms with Crippen LogP contribution in [0.1, 0.15) is 12.0 Å². The lowest BCUT2D eigenvalue weighted by atomic mass is 10.1. The number of nitro groups is 1. The van der Waals surface area contributed by atoms with E-state index in [0.717, 1.165) is 12.1 Å². The van der Waals surface area contributed by atoms with Gasteiger partial charge in [0.15, 0.2) is 0 Å². The molecule has 114 valence electrons. The van der Waals surface area contributed by atoms with E-state index in [4.69, 9.17) is 4.74 Å². The smallest absolute Gasteiger partial charge is 0.269 e. The minimum absolute atomic E-state index is 0.0140. The van der Waals surface area contributed by atoms with Crippen LogP contribution in [0.15, 0.2) is 24.3 Å². The van der Waals surface area contributed by atoms with Gasteiger partial charge in [-0.05, 0) is 12.0 Å². The van der Waals surface area contributed by atoms with Gasteiger partial charge in [-0.3, -0.25) is 14.9 Å². The third-order valence-corrected chi connectivity index (χ3v) is 3.31. The Labute approximate surface area is 122 Å². The predicted molar refractivity (Wildman–Crippen MR) is 77.0 cm³/mol. The second kappa shape index (κ2) is 7.70. The zero-order valence-corrected chi connectivity index (χ0v) is 11.7. The maximum absolute atomic E-state index is 11.7. The number of nitro benzene ring substituents is 1. The molecule has 1 atom stereocenters. The molecular formula is C14H19N3O4. The molecular weight excluding hydrogens is 274 g/mol. The molecule has 1 saturated heterocycles. The number of ether oxygens (including phenoxy) is 1. The van der Waals surface area contributed by atoms with E-state index >= 15 is 0 Å². The van der Waals surface area contributed by atoms with Gasteiger partial charge in [-0.25, -0.2) is 0 Å². The van der Waals surface area contributed by atoms with Crippen molar-refractivity contribution in [3.05, 3.63) is 39.9 Å². The Balaban J connectivity index is 1.68. The molecule has 1 fully saturated rings. The summed E-state index contributed by atoms with van der Waals surface area (Å²) in [5, 5.41) is 16.6. The van der Waals surface area contributed by atoms with Crippen molar-refractivity contribution in [1.29, 1.82) is 0 Å². The molecule has 2 rings (SSSR count). The summed E-state index contributed by atoms with van der Waals surface area (Å²) < 4.78 is 5.29. The Morgan fingerprint density at radius 1 is 1.43 bits per heavy atom. The molecule has 7 heteroatoms. The van der Waals surface area contributed by atoms with Crippen LogP contribution < -0.4 is 10.6 Å². The largest absolute Gasteiger partial charge is 0.378 e. The zero-order valence-electron chi connectivity index (χ0n) is 11.7. The number of hydrogen-bond acceptors (Lipinski definition) is 5. The molecule has 1 aliphatic rings. The number of rotatable bonds is 6. The first-order valence-corrected chi connectivity index (χ1v) is 6.96. The highest BCUT2D eigenvalue weighted by molar-refractivity contribution is 5.76. The summed E-state index contributed by atoms with van der Waals surface area (Å²) in [6.45, 7) is 2.55. The highest BCUT2D eigenvalue weighted by atomic mass is 16.6. The second-order valence-corrected chi connectivity index (χ2v) is 4.95. The number of nitrogens with zero attached hydrogens (tertiary/aromatic N) is 1. The van der Waals surface area contributed by atoms with Gasteiger partial charge in [0.2, 0.25) is 5.91 Å². The number of non-ortho nitro benzene ring substituents is 1. The first-order chi connectivity index (χ1) is 10.1. The number of nitrogens with one attached hydrogen (secondary N) is 2. The lowest BCUT2D eigenvalue weighted by molar-refractivity contribution is -0.384. The maximum Gasteiger partial charge on any atom is 0.269 e. The van der Waals surface area contributed by atoms with Crippen LogP contribution in [0.2, 0.25) is 0 Å². The van der Waals surface area contributed by atoms with Crippen molar-refractivity contribution in [1.82, 2.24) is 10.6 Å². The van der Waals surface area contributed by atoms with E-state index in [9.17, 15) is 14.9 Å². The third-order valence-electron chi connectivity index (χ3n) is 3.31. The molecule has 1 aromatic rings.